The third-order valence-corrected chi connectivity index (χ3v) is 11.0. The van der Waals surface area contributed by atoms with Crippen LogP contribution >= 0.6 is 23.2 Å². The van der Waals surface area contributed by atoms with Crippen LogP contribution in [0, 0.1) is 17.3 Å². The van der Waals surface area contributed by atoms with Crippen LogP contribution in [-0.4, -0.2) is 40.0 Å². The van der Waals surface area contributed by atoms with Crippen LogP contribution in [0.3, 0.4) is 0 Å². The molecule has 44 heavy (non-hydrogen) atoms. The van der Waals surface area contributed by atoms with Crippen molar-refractivity contribution >= 4 is 51.7 Å². The topological polar surface area (TPSA) is 79.3 Å². The highest BCUT2D eigenvalue weighted by atomic mass is 35.5. The van der Waals surface area contributed by atoms with E-state index < -0.39 is 5.41 Å². The van der Waals surface area contributed by atoms with Gasteiger partial charge >= 0.3 is 0 Å². The van der Waals surface area contributed by atoms with Crippen LogP contribution < -0.4 is 15.5 Å². The van der Waals surface area contributed by atoms with Gasteiger partial charge in [0.25, 0.3) is 5.91 Å². The van der Waals surface area contributed by atoms with E-state index in [1.165, 1.54) is 19.3 Å². The zero-order chi connectivity index (χ0) is 31.3. The molecule has 3 fully saturated rings. The molecule has 1 aliphatic heterocycles. The Balaban J connectivity index is 1.32. The first-order chi connectivity index (χ1) is 20.9. The zero-order valence-corrected chi connectivity index (χ0v) is 28.1. The van der Waals surface area contributed by atoms with E-state index in [9.17, 15) is 9.59 Å². The second kappa shape index (κ2) is 12.2. The van der Waals surface area contributed by atoms with Crippen LogP contribution in [0.25, 0.3) is 11.0 Å². The minimum atomic E-state index is -0.493. The van der Waals surface area contributed by atoms with Crippen LogP contribution in [0.15, 0.2) is 24.3 Å². The van der Waals surface area contributed by atoms with Crippen LogP contribution in [-0.2, 0) is 24.8 Å². The van der Waals surface area contributed by atoms with Gasteiger partial charge in [-0.3, -0.25) is 9.59 Å². The highest BCUT2D eigenvalue weighted by Gasteiger charge is 2.39. The van der Waals surface area contributed by atoms with E-state index in [4.69, 9.17) is 28.2 Å². The Kier molecular flexibility index (Phi) is 8.66. The number of hydrogen-bond donors (Lipinski definition) is 2. The predicted molar refractivity (Wildman–Crippen MR) is 179 cm³/mol. The molecule has 2 unspecified atom stereocenters. The van der Waals surface area contributed by atoms with Gasteiger partial charge in [-0.1, -0.05) is 57.0 Å². The van der Waals surface area contributed by atoms with Gasteiger partial charge in [0, 0.05) is 49.1 Å². The highest BCUT2D eigenvalue weighted by molar-refractivity contribution is 6.36. The fourth-order valence-electron chi connectivity index (χ4n) is 7.29. The fourth-order valence-corrected chi connectivity index (χ4v) is 7.86. The summed E-state index contributed by atoms with van der Waals surface area (Å²) in [6.45, 7) is 9.27. The second-order valence-corrected chi connectivity index (χ2v) is 15.3. The Bertz CT molecular complexity index is 1580. The molecule has 2 aliphatic carbocycles. The van der Waals surface area contributed by atoms with E-state index in [-0.39, 0.29) is 17.9 Å². The number of aromatic nitrogens is 2. The molecular weight excluding hydrogens is 593 g/mol. The van der Waals surface area contributed by atoms with E-state index in [0.29, 0.717) is 35.0 Å². The molecule has 2 bridgehead atoms. The Hall–Kier alpha value is -2.77. The van der Waals surface area contributed by atoms with Gasteiger partial charge in [-0.05, 0) is 86.1 Å². The van der Waals surface area contributed by atoms with Gasteiger partial charge in [-0.2, -0.15) is 0 Å². The molecule has 3 aromatic rings. The van der Waals surface area contributed by atoms with E-state index in [1.807, 2.05) is 46.0 Å². The third kappa shape index (κ3) is 6.19. The number of nitrogens with one attached hydrogen (secondary N) is 2. The molecule has 2 saturated carbocycles. The van der Waals surface area contributed by atoms with Gasteiger partial charge in [0.2, 0.25) is 5.91 Å². The maximum atomic E-state index is 13.9. The quantitative estimate of drug-likeness (QED) is 0.282. The summed E-state index contributed by atoms with van der Waals surface area (Å²) >= 11 is 13.6. The van der Waals surface area contributed by atoms with E-state index in [2.05, 4.69) is 33.1 Å². The molecule has 9 heteroatoms. The van der Waals surface area contributed by atoms with Gasteiger partial charge < -0.3 is 20.1 Å². The van der Waals surface area contributed by atoms with E-state index in [1.54, 1.807) is 0 Å². The number of carbonyl (C=O) groups excluding carboxylic acids is 2. The molecule has 1 saturated heterocycles. The van der Waals surface area contributed by atoms with Crippen molar-refractivity contribution in [1.29, 1.82) is 0 Å². The number of nitrogens with zero attached hydrogens (tertiary/aromatic N) is 3. The molecule has 0 radical (unpaired) electrons. The molecule has 2 aromatic carbocycles. The molecule has 0 spiro atoms. The number of fused-ring (bicyclic) bond motifs is 3. The number of imidazole rings is 1. The molecule has 2 heterocycles. The Labute approximate surface area is 271 Å². The van der Waals surface area contributed by atoms with E-state index in [0.717, 1.165) is 77.4 Å². The summed E-state index contributed by atoms with van der Waals surface area (Å²) < 4.78 is 2.10. The highest BCUT2D eigenvalue weighted by Crippen LogP contribution is 2.42. The lowest BCUT2D eigenvalue weighted by atomic mass is 9.87. The van der Waals surface area contributed by atoms with Crippen molar-refractivity contribution in [2.75, 3.05) is 11.4 Å². The fraction of sp³-hybridized carbons (Fsp3) is 0.571. The molecule has 6 rings (SSSR count). The predicted octanol–water partition coefficient (Wildman–Crippen LogP) is 7.43. The van der Waals surface area contributed by atoms with Gasteiger partial charge in [-0.25, -0.2) is 4.98 Å². The average molecular weight is 639 g/mol. The standard InChI is InChI=1S/C35H45Cl2N5O2/c1-20-6-10-23(11-7-20)39-33(43)26-15-28-30(17-29(26)42-19-21-8-12-24(42)14-21)41(5)31(40-28)16-25-27(36)13-9-22(32(25)37)18-38-34(44)35(2,3)4/h9,13,15,17,20-21,23-24H,6-8,10-12,14,16,18-19H2,1-5H3,(H,38,44)(H,39,43). The van der Waals surface area contributed by atoms with Crippen LogP contribution in [0.1, 0.15) is 99.9 Å². The summed E-state index contributed by atoms with van der Waals surface area (Å²) in [7, 11) is 2.02. The molecule has 2 amide bonds. The summed E-state index contributed by atoms with van der Waals surface area (Å²) in [4.78, 5) is 33.8. The first kappa shape index (κ1) is 31.2. The number of hydrogen-bond acceptors (Lipinski definition) is 4. The maximum absolute atomic E-state index is 13.9. The smallest absolute Gasteiger partial charge is 0.253 e. The van der Waals surface area contributed by atoms with Crippen LogP contribution in [0.5, 0.6) is 0 Å². The first-order valence-corrected chi connectivity index (χ1v) is 17.0. The average Bonchev–Trinajstić information content (AvgIpc) is 3.70. The van der Waals surface area contributed by atoms with Gasteiger partial charge in [0.15, 0.2) is 0 Å². The monoisotopic (exact) mass is 637 g/mol. The third-order valence-electron chi connectivity index (χ3n) is 10.1. The number of anilines is 1. The van der Waals surface area contributed by atoms with Crippen molar-refractivity contribution in [3.63, 3.8) is 0 Å². The van der Waals surface area contributed by atoms with Crippen molar-refractivity contribution in [3.8, 4) is 0 Å². The summed E-state index contributed by atoms with van der Waals surface area (Å²) in [6.07, 6.45) is 8.48. The van der Waals surface area contributed by atoms with Gasteiger partial charge in [0.05, 0.1) is 27.3 Å². The molecule has 1 aromatic heterocycles. The van der Waals surface area contributed by atoms with Crippen LogP contribution in [0.2, 0.25) is 10.0 Å². The number of amides is 2. The number of aryl methyl sites for hydroxylation is 1. The van der Waals surface area contributed by atoms with Crippen molar-refractivity contribution in [2.45, 2.75) is 97.7 Å². The Morgan fingerprint density at radius 2 is 1.80 bits per heavy atom. The second-order valence-electron chi connectivity index (χ2n) is 14.5. The van der Waals surface area contributed by atoms with Crippen molar-refractivity contribution in [3.05, 3.63) is 56.8 Å². The summed E-state index contributed by atoms with van der Waals surface area (Å²) in [5.41, 5.74) is 4.61. The molecule has 3 aliphatic rings. The minimum absolute atomic E-state index is 0.00697. The normalized spacial score (nSPS) is 23.4. The zero-order valence-electron chi connectivity index (χ0n) is 26.6. The number of benzene rings is 2. The molecule has 236 valence electrons. The van der Waals surface area contributed by atoms with Crippen molar-refractivity contribution in [2.24, 2.45) is 24.3 Å². The SMILES string of the molecule is CC1CCC(NC(=O)c2cc3nc(Cc4c(Cl)ccc(CNC(=O)C(C)(C)C)c4Cl)n(C)c3cc2N2CC3CCC2C3)CC1. The number of halogens is 2. The van der Waals surface area contributed by atoms with E-state index >= 15 is 0 Å². The van der Waals surface area contributed by atoms with Crippen molar-refractivity contribution in [1.82, 2.24) is 20.2 Å². The van der Waals surface area contributed by atoms with Crippen LogP contribution in [0.4, 0.5) is 5.69 Å². The first-order valence-electron chi connectivity index (χ1n) is 16.2. The summed E-state index contributed by atoms with van der Waals surface area (Å²) in [5, 5.41) is 7.46. The largest absolute Gasteiger partial charge is 0.368 e. The summed E-state index contributed by atoms with van der Waals surface area (Å²) in [6, 6.07) is 8.57. The number of carbonyl (C=O) groups is 2. The molecule has 7 nitrogen and oxygen atoms in total. The maximum Gasteiger partial charge on any atom is 0.253 e. The van der Waals surface area contributed by atoms with Gasteiger partial charge in [-0.15, -0.1) is 0 Å². The Morgan fingerprint density at radius 1 is 1.05 bits per heavy atom. The Morgan fingerprint density at radius 3 is 2.45 bits per heavy atom. The minimum Gasteiger partial charge on any atom is -0.368 e. The lowest BCUT2D eigenvalue weighted by molar-refractivity contribution is -0.128. The number of rotatable bonds is 7. The lowest BCUT2D eigenvalue weighted by Gasteiger charge is -2.32. The molecule has 2 N–H and O–H groups in total. The molecule has 2 atom stereocenters. The molecular formula is C35H45Cl2N5O2. The number of piperidine rings is 1. The van der Waals surface area contributed by atoms with Gasteiger partial charge in [0.1, 0.15) is 5.82 Å². The lowest BCUT2D eigenvalue weighted by Crippen LogP contribution is -2.39. The summed E-state index contributed by atoms with van der Waals surface area (Å²) in [5.74, 6) is 2.21. The van der Waals surface area contributed by atoms with Crippen molar-refractivity contribution < 1.29 is 9.59 Å².